The van der Waals surface area contributed by atoms with Gasteiger partial charge in [0, 0.05) is 13.2 Å². The molecule has 2 atom stereocenters. The van der Waals surface area contributed by atoms with Crippen LogP contribution in [0.1, 0.15) is 18.5 Å². The van der Waals surface area contributed by atoms with E-state index in [9.17, 15) is 5.11 Å². The largest absolute Gasteiger partial charge is 0.489 e. The maximum absolute atomic E-state index is 9.69. The molecule has 0 radical (unpaired) electrons. The Bertz CT molecular complexity index is 401. The lowest BCUT2D eigenvalue weighted by molar-refractivity contribution is -0.00418. The van der Waals surface area contributed by atoms with Crippen molar-refractivity contribution < 1.29 is 19.3 Å². The van der Waals surface area contributed by atoms with Crippen LogP contribution in [0.25, 0.3) is 0 Å². The van der Waals surface area contributed by atoms with Gasteiger partial charge in [0.15, 0.2) is 0 Å². The predicted octanol–water partition coefficient (Wildman–Crippen LogP) is 1.76. The first kappa shape index (κ1) is 17.2. The third-order valence-corrected chi connectivity index (χ3v) is 2.95. The van der Waals surface area contributed by atoms with Crippen LogP contribution < -0.4 is 10.5 Å². The summed E-state index contributed by atoms with van der Waals surface area (Å²) < 4.78 is 15.5. The molecular formula is C14H22ClNO4. The Morgan fingerprint density at radius 2 is 2.05 bits per heavy atom. The molecule has 5 nitrogen and oxygen atoms in total. The average molecular weight is 304 g/mol. The summed E-state index contributed by atoms with van der Waals surface area (Å²) in [6, 6.07) is 5.29. The third-order valence-electron chi connectivity index (χ3n) is 2.65. The Hall–Kier alpha value is -0.850. The van der Waals surface area contributed by atoms with Gasteiger partial charge >= 0.3 is 0 Å². The maximum atomic E-state index is 9.69. The second kappa shape index (κ2) is 9.15. The maximum Gasteiger partial charge on any atom is 0.138 e. The third kappa shape index (κ3) is 6.07. The summed E-state index contributed by atoms with van der Waals surface area (Å²) in [6.45, 7) is 3.13. The highest BCUT2D eigenvalue weighted by Gasteiger charge is 2.09. The van der Waals surface area contributed by atoms with E-state index in [2.05, 4.69) is 0 Å². The number of hydrogen-bond donors (Lipinski definition) is 2. The Kier molecular flexibility index (Phi) is 7.87. The van der Waals surface area contributed by atoms with Crippen LogP contribution >= 0.6 is 11.6 Å². The van der Waals surface area contributed by atoms with Crippen LogP contribution in [0.15, 0.2) is 18.2 Å². The van der Waals surface area contributed by atoms with E-state index in [4.69, 9.17) is 31.5 Å². The van der Waals surface area contributed by atoms with Crippen molar-refractivity contribution in [1.29, 1.82) is 0 Å². The van der Waals surface area contributed by atoms with Gasteiger partial charge < -0.3 is 25.1 Å². The molecule has 0 amide bonds. The van der Waals surface area contributed by atoms with E-state index >= 15 is 0 Å². The molecule has 0 aliphatic heterocycles. The minimum Gasteiger partial charge on any atom is -0.489 e. The molecular weight excluding hydrogens is 282 g/mol. The molecule has 6 heteroatoms. The summed E-state index contributed by atoms with van der Waals surface area (Å²) in [5.74, 6) is 0.520. The predicted molar refractivity (Wildman–Crippen MR) is 78.3 cm³/mol. The van der Waals surface area contributed by atoms with Gasteiger partial charge in [-0.25, -0.2) is 0 Å². The zero-order chi connectivity index (χ0) is 15.0. The van der Waals surface area contributed by atoms with Crippen LogP contribution in [0.3, 0.4) is 0 Å². The molecule has 3 N–H and O–H groups in total. The number of benzene rings is 1. The van der Waals surface area contributed by atoms with Crippen LogP contribution in [-0.4, -0.2) is 44.7 Å². The standard InChI is InChI=1S/C14H22ClNO4/c1-10(16)11-3-4-14(13(15)7-11)20-9-12(17)8-19-6-5-18-2/h3-4,7,10,12,17H,5-6,8-9,16H2,1-2H3/t10-,12?/m1/s1. The Morgan fingerprint density at radius 1 is 1.30 bits per heavy atom. The van der Waals surface area contributed by atoms with Gasteiger partial charge in [-0.15, -0.1) is 0 Å². The van der Waals surface area contributed by atoms with E-state index in [1.807, 2.05) is 13.0 Å². The van der Waals surface area contributed by atoms with E-state index in [1.165, 1.54) is 0 Å². The molecule has 1 rings (SSSR count). The smallest absolute Gasteiger partial charge is 0.138 e. The van der Waals surface area contributed by atoms with E-state index < -0.39 is 6.10 Å². The van der Waals surface area contributed by atoms with E-state index in [1.54, 1.807) is 19.2 Å². The molecule has 0 heterocycles. The van der Waals surface area contributed by atoms with E-state index in [0.717, 1.165) is 5.56 Å². The van der Waals surface area contributed by atoms with Gasteiger partial charge in [-0.2, -0.15) is 0 Å². The fourth-order valence-electron chi connectivity index (χ4n) is 1.51. The minimum atomic E-state index is -0.712. The number of halogens is 1. The van der Waals surface area contributed by atoms with Crippen molar-refractivity contribution in [3.05, 3.63) is 28.8 Å². The number of hydrogen-bond acceptors (Lipinski definition) is 5. The summed E-state index contributed by atoms with van der Waals surface area (Å²) in [5.41, 5.74) is 6.70. The first-order valence-electron chi connectivity index (χ1n) is 6.47. The molecule has 1 aromatic rings. The van der Waals surface area contributed by atoms with Crippen molar-refractivity contribution >= 4 is 11.6 Å². The molecule has 1 unspecified atom stereocenters. The molecule has 0 bridgehead atoms. The second-order valence-corrected chi connectivity index (χ2v) is 4.92. The monoisotopic (exact) mass is 303 g/mol. The molecule has 114 valence electrons. The minimum absolute atomic E-state index is 0.0821. The molecule has 0 saturated heterocycles. The summed E-state index contributed by atoms with van der Waals surface area (Å²) in [5, 5.41) is 10.2. The summed E-state index contributed by atoms with van der Waals surface area (Å²) in [7, 11) is 1.59. The highest BCUT2D eigenvalue weighted by atomic mass is 35.5. The molecule has 0 aliphatic rings. The first-order chi connectivity index (χ1) is 9.54. The first-order valence-corrected chi connectivity index (χ1v) is 6.85. The Morgan fingerprint density at radius 3 is 2.65 bits per heavy atom. The zero-order valence-electron chi connectivity index (χ0n) is 11.8. The summed E-state index contributed by atoms with van der Waals surface area (Å²) in [6.07, 6.45) is -0.712. The molecule has 0 spiro atoms. The molecule has 1 aromatic carbocycles. The van der Waals surface area contributed by atoms with Gasteiger partial charge in [0.1, 0.15) is 18.5 Å². The van der Waals surface area contributed by atoms with Crippen molar-refractivity contribution in [3.63, 3.8) is 0 Å². The average Bonchev–Trinajstić information content (AvgIpc) is 2.42. The zero-order valence-corrected chi connectivity index (χ0v) is 12.6. The van der Waals surface area contributed by atoms with Crippen LogP contribution in [0.2, 0.25) is 5.02 Å². The lowest BCUT2D eigenvalue weighted by Crippen LogP contribution is -2.24. The van der Waals surface area contributed by atoms with E-state index in [-0.39, 0.29) is 19.3 Å². The van der Waals surface area contributed by atoms with Gasteiger partial charge in [0.05, 0.1) is 24.8 Å². The number of rotatable bonds is 9. The van der Waals surface area contributed by atoms with Crippen LogP contribution in [-0.2, 0) is 9.47 Å². The summed E-state index contributed by atoms with van der Waals surface area (Å²) >= 11 is 6.09. The summed E-state index contributed by atoms with van der Waals surface area (Å²) in [4.78, 5) is 0. The molecule has 20 heavy (non-hydrogen) atoms. The topological polar surface area (TPSA) is 73.9 Å². The highest BCUT2D eigenvalue weighted by Crippen LogP contribution is 2.27. The number of aliphatic hydroxyl groups excluding tert-OH is 1. The van der Waals surface area contributed by atoms with Crippen LogP contribution in [0, 0.1) is 0 Å². The molecule has 0 fully saturated rings. The van der Waals surface area contributed by atoms with Gasteiger partial charge in [-0.1, -0.05) is 17.7 Å². The van der Waals surface area contributed by atoms with Crippen molar-refractivity contribution in [3.8, 4) is 5.75 Å². The molecule has 0 saturated carbocycles. The van der Waals surface area contributed by atoms with Crippen LogP contribution in [0.4, 0.5) is 0 Å². The van der Waals surface area contributed by atoms with Crippen molar-refractivity contribution in [1.82, 2.24) is 0 Å². The number of methoxy groups -OCH3 is 1. The SMILES string of the molecule is COCCOCC(O)COc1ccc([C@@H](C)N)cc1Cl. The van der Waals surface area contributed by atoms with Crippen molar-refractivity contribution in [2.45, 2.75) is 19.1 Å². The molecule has 0 aliphatic carbocycles. The second-order valence-electron chi connectivity index (χ2n) is 4.51. The Balaban J connectivity index is 2.37. The fraction of sp³-hybridized carbons (Fsp3) is 0.571. The quantitative estimate of drug-likeness (QED) is 0.680. The number of ether oxygens (including phenoxy) is 3. The van der Waals surface area contributed by atoms with Gasteiger partial charge in [0.25, 0.3) is 0 Å². The lowest BCUT2D eigenvalue weighted by atomic mass is 10.1. The lowest BCUT2D eigenvalue weighted by Gasteiger charge is -2.14. The van der Waals surface area contributed by atoms with Crippen LogP contribution in [0.5, 0.6) is 5.75 Å². The van der Waals surface area contributed by atoms with Gasteiger partial charge in [-0.05, 0) is 24.6 Å². The fourth-order valence-corrected chi connectivity index (χ4v) is 1.76. The van der Waals surface area contributed by atoms with Crippen molar-refractivity contribution in [2.24, 2.45) is 5.73 Å². The molecule has 0 aromatic heterocycles. The van der Waals surface area contributed by atoms with Gasteiger partial charge in [0.2, 0.25) is 0 Å². The Labute approximate surface area is 124 Å². The number of aliphatic hydroxyl groups is 1. The van der Waals surface area contributed by atoms with Crippen molar-refractivity contribution in [2.75, 3.05) is 33.5 Å². The number of nitrogens with two attached hydrogens (primary N) is 1. The normalized spacial score (nSPS) is 14.1. The highest BCUT2D eigenvalue weighted by molar-refractivity contribution is 6.32. The van der Waals surface area contributed by atoms with Gasteiger partial charge in [-0.3, -0.25) is 0 Å². The van der Waals surface area contributed by atoms with E-state index in [0.29, 0.717) is 24.0 Å².